The second-order valence-electron chi connectivity index (χ2n) is 8.15. The number of hydrogen-bond donors (Lipinski definition) is 2. The fourth-order valence-electron chi connectivity index (χ4n) is 2.82. The molecule has 0 saturated carbocycles. The van der Waals surface area contributed by atoms with Gasteiger partial charge in [0.15, 0.2) is 6.61 Å². The van der Waals surface area contributed by atoms with E-state index in [0.29, 0.717) is 18.2 Å². The van der Waals surface area contributed by atoms with Crippen LogP contribution >= 0.6 is 11.8 Å². The lowest BCUT2D eigenvalue weighted by Crippen LogP contribution is -2.21. The number of aliphatic hydroxyl groups is 1. The molecular weight excluding hydrogens is 404 g/mol. The summed E-state index contributed by atoms with van der Waals surface area (Å²) < 4.78 is 5.57. The minimum absolute atomic E-state index is 0.0197. The van der Waals surface area contributed by atoms with Crippen molar-refractivity contribution in [1.29, 1.82) is 5.26 Å². The van der Waals surface area contributed by atoms with Gasteiger partial charge in [-0.25, -0.2) is 0 Å². The summed E-state index contributed by atoms with van der Waals surface area (Å²) in [6.07, 6.45) is 4.49. The first-order chi connectivity index (χ1) is 14.7. The summed E-state index contributed by atoms with van der Waals surface area (Å²) in [5, 5.41) is 26.3. The zero-order chi connectivity index (χ0) is 23.4. The van der Waals surface area contributed by atoms with Gasteiger partial charge in [0.05, 0.1) is 5.03 Å². The lowest BCUT2D eigenvalue weighted by atomic mass is 9.95. The zero-order valence-electron chi connectivity index (χ0n) is 20.1. The number of benzene rings is 1. The first-order valence-electron chi connectivity index (χ1n) is 11.0. The van der Waals surface area contributed by atoms with Crippen molar-refractivity contribution in [2.24, 2.45) is 0 Å². The maximum Gasteiger partial charge on any atom is 0.174 e. The van der Waals surface area contributed by atoms with Gasteiger partial charge in [-0.1, -0.05) is 38.1 Å². The number of aliphatic hydroxyl groups excluding tert-OH is 1. The molecule has 0 fully saturated rings. The lowest BCUT2D eigenvalue weighted by Gasteiger charge is -2.16. The molecule has 1 aromatic carbocycles. The minimum Gasteiger partial charge on any atom is -0.508 e. The Morgan fingerprint density at radius 1 is 1.26 bits per heavy atom. The van der Waals surface area contributed by atoms with Crippen molar-refractivity contribution in [1.82, 2.24) is 5.32 Å². The Labute approximate surface area is 193 Å². The number of rotatable bonds is 12. The van der Waals surface area contributed by atoms with Crippen LogP contribution in [0.3, 0.4) is 0 Å². The summed E-state index contributed by atoms with van der Waals surface area (Å²) in [4.78, 5) is 0. The molecule has 1 rings (SSSR count). The van der Waals surface area contributed by atoms with Crippen molar-refractivity contribution in [3.05, 3.63) is 57.0 Å². The first-order valence-corrected chi connectivity index (χ1v) is 11.9. The molecule has 0 aromatic heterocycles. The van der Waals surface area contributed by atoms with Crippen LogP contribution in [0.15, 0.2) is 45.9 Å². The molecule has 1 unspecified atom stereocenters. The van der Waals surface area contributed by atoms with Crippen LogP contribution in [0, 0.1) is 11.3 Å². The van der Waals surface area contributed by atoms with Crippen molar-refractivity contribution in [3.63, 3.8) is 0 Å². The molecule has 2 N–H and O–H groups in total. The van der Waals surface area contributed by atoms with Crippen LogP contribution in [0.4, 0.5) is 0 Å². The van der Waals surface area contributed by atoms with E-state index in [-0.39, 0.29) is 18.3 Å². The summed E-state index contributed by atoms with van der Waals surface area (Å²) >= 11 is 1.71. The molecule has 170 valence electrons. The van der Waals surface area contributed by atoms with Crippen LogP contribution in [0.5, 0.6) is 5.75 Å². The number of thioether (sulfide) groups is 1. The Bertz CT molecular complexity index is 847. The van der Waals surface area contributed by atoms with Gasteiger partial charge in [-0.3, -0.25) is 0 Å². The van der Waals surface area contributed by atoms with Gasteiger partial charge in [0.2, 0.25) is 0 Å². The highest BCUT2D eigenvalue weighted by Gasteiger charge is 2.13. The van der Waals surface area contributed by atoms with Crippen LogP contribution in [-0.4, -0.2) is 17.8 Å². The van der Waals surface area contributed by atoms with Gasteiger partial charge < -0.3 is 15.2 Å². The summed E-state index contributed by atoms with van der Waals surface area (Å²) in [6, 6.07) is 8.06. The Balaban J connectivity index is 2.97. The highest BCUT2D eigenvalue weighted by atomic mass is 32.2. The van der Waals surface area contributed by atoms with E-state index in [1.165, 1.54) is 16.2 Å². The molecule has 0 spiro atoms. The van der Waals surface area contributed by atoms with Crippen molar-refractivity contribution in [3.8, 4) is 11.8 Å². The Kier molecular flexibility index (Phi) is 12.0. The molecule has 1 atom stereocenters. The molecule has 0 radical (unpaired) electrons. The predicted octanol–water partition coefficient (Wildman–Crippen LogP) is 7.67. The van der Waals surface area contributed by atoms with Crippen molar-refractivity contribution in [2.45, 2.75) is 79.7 Å². The van der Waals surface area contributed by atoms with E-state index in [9.17, 15) is 5.11 Å². The van der Waals surface area contributed by atoms with Gasteiger partial charge in [-0.2, -0.15) is 5.26 Å². The number of nitrogens with one attached hydrogen (secondary N) is 1. The molecule has 1 aromatic rings. The molecule has 0 bridgehead atoms. The van der Waals surface area contributed by atoms with Crippen LogP contribution < -0.4 is 10.1 Å². The molecule has 0 aliphatic carbocycles. The van der Waals surface area contributed by atoms with Gasteiger partial charge in [-0.05, 0) is 93.7 Å². The summed E-state index contributed by atoms with van der Waals surface area (Å²) in [5.74, 6) is 1.25. The first kappa shape index (κ1) is 26.7. The number of ether oxygens (including phenoxy) is 1. The maximum absolute atomic E-state index is 10.7. The van der Waals surface area contributed by atoms with E-state index in [1.54, 1.807) is 11.8 Å². The average molecular weight is 443 g/mol. The standard InChI is InChI=1S/C26H38N2O2S/c1-8-20(6)23-16-22(11-13-25(23)30-15-14-27)24(29)12-10-19(5)17-31-26(21(7)9-2)28-18(3)4/h11-13,16-18,20,28-29H,8-10,15H2,1-7H3/b19-17+,24-12+,26-21?. The molecule has 0 saturated heterocycles. The van der Waals surface area contributed by atoms with Gasteiger partial charge in [0.25, 0.3) is 0 Å². The van der Waals surface area contributed by atoms with Crippen molar-refractivity contribution >= 4 is 17.5 Å². The summed E-state index contributed by atoms with van der Waals surface area (Å²) in [7, 11) is 0. The number of hydrogen-bond acceptors (Lipinski definition) is 5. The number of allylic oxidation sites excluding steroid dienone is 3. The quantitative estimate of drug-likeness (QED) is 0.325. The number of nitrogens with zero attached hydrogens (tertiary/aromatic N) is 1. The summed E-state index contributed by atoms with van der Waals surface area (Å²) in [6.45, 7) is 14.9. The van der Waals surface area contributed by atoms with Gasteiger partial charge in [0, 0.05) is 11.6 Å². The summed E-state index contributed by atoms with van der Waals surface area (Å²) in [5.41, 5.74) is 4.31. The van der Waals surface area contributed by atoms with Crippen molar-refractivity contribution < 1.29 is 9.84 Å². The molecule has 4 nitrogen and oxygen atoms in total. The highest BCUT2D eigenvalue weighted by molar-refractivity contribution is 8.05. The largest absolute Gasteiger partial charge is 0.508 e. The molecule has 0 amide bonds. The van der Waals surface area contributed by atoms with E-state index in [0.717, 1.165) is 24.0 Å². The van der Waals surface area contributed by atoms with E-state index >= 15 is 0 Å². The smallest absolute Gasteiger partial charge is 0.174 e. The second kappa shape index (κ2) is 13.9. The average Bonchev–Trinajstić information content (AvgIpc) is 2.77. The third-order valence-electron chi connectivity index (χ3n) is 5.07. The lowest BCUT2D eigenvalue weighted by molar-refractivity contribution is 0.361. The molecule has 0 heterocycles. The van der Waals surface area contributed by atoms with Crippen LogP contribution in [0.1, 0.15) is 84.8 Å². The molecule has 0 aliphatic heterocycles. The minimum atomic E-state index is 0.0197. The Morgan fingerprint density at radius 3 is 2.55 bits per heavy atom. The van der Waals surface area contributed by atoms with E-state index in [1.807, 2.05) is 30.3 Å². The third kappa shape index (κ3) is 9.14. The topological polar surface area (TPSA) is 65.3 Å². The third-order valence-corrected chi connectivity index (χ3v) is 6.30. The van der Waals surface area contributed by atoms with Gasteiger partial charge in [0.1, 0.15) is 17.6 Å². The Morgan fingerprint density at radius 2 is 1.97 bits per heavy atom. The van der Waals surface area contributed by atoms with Crippen LogP contribution in [0.2, 0.25) is 0 Å². The predicted molar refractivity (Wildman–Crippen MR) is 134 cm³/mol. The number of nitriles is 1. The van der Waals surface area contributed by atoms with Crippen molar-refractivity contribution in [2.75, 3.05) is 6.61 Å². The second-order valence-corrected chi connectivity index (χ2v) is 9.03. The fourth-order valence-corrected chi connectivity index (χ4v) is 3.88. The van der Waals surface area contributed by atoms with Gasteiger partial charge in [-0.15, -0.1) is 0 Å². The normalized spacial score (nSPS) is 14.2. The monoisotopic (exact) mass is 442 g/mol. The maximum atomic E-state index is 10.7. The van der Waals surface area contributed by atoms with E-state index in [4.69, 9.17) is 10.00 Å². The molecule has 0 aliphatic rings. The van der Waals surface area contributed by atoms with Crippen LogP contribution in [-0.2, 0) is 0 Å². The highest BCUT2D eigenvalue weighted by Crippen LogP contribution is 2.32. The molecule has 5 heteroatoms. The van der Waals surface area contributed by atoms with Gasteiger partial charge >= 0.3 is 0 Å². The van der Waals surface area contributed by atoms with Crippen LogP contribution in [0.25, 0.3) is 5.76 Å². The van der Waals surface area contributed by atoms with E-state index in [2.05, 4.69) is 59.2 Å². The van der Waals surface area contributed by atoms with E-state index < -0.39 is 0 Å². The SMILES string of the molecule is CCC(C)=C(NC(C)C)S/C=C(\C)C/C=C(/O)c1ccc(OCC#N)c(C(C)CC)c1. The molecular formula is C26H38N2O2S. The zero-order valence-corrected chi connectivity index (χ0v) is 20.9. The fraction of sp³-hybridized carbons (Fsp3) is 0.500. The molecule has 31 heavy (non-hydrogen) atoms. The Hall–Kier alpha value is -2.32.